The Kier molecular flexibility index (Phi) is 2.67. The Morgan fingerprint density at radius 2 is 2.06 bits per heavy atom. The Bertz CT molecular complexity index is 452. The van der Waals surface area contributed by atoms with Gasteiger partial charge >= 0.3 is 0 Å². The van der Waals surface area contributed by atoms with E-state index in [-0.39, 0.29) is 6.79 Å². The van der Waals surface area contributed by atoms with Crippen molar-refractivity contribution >= 4 is 22.2 Å². The third-order valence-electron chi connectivity index (χ3n) is 2.44. The summed E-state index contributed by atoms with van der Waals surface area (Å²) in [5.74, 6) is 1.04. The fourth-order valence-corrected chi connectivity index (χ4v) is 2.15. The molecule has 0 atom stereocenters. The van der Waals surface area contributed by atoms with E-state index in [2.05, 4.69) is 15.9 Å². The molecule has 86 valence electrons. The van der Waals surface area contributed by atoms with Crippen LogP contribution >= 0.6 is 15.9 Å². The first-order valence-electron chi connectivity index (χ1n) is 4.81. The van der Waals surface area contributed by atoms with Crippen molar-refractivity contribution in [2.24, 2.45) is 5.73 Å². The summed E-state index contributed by atoms with van der Waals surface area (Å²) in [6.45, 7) is 3.87. The normalized spacial score (nSPS) is 14.0. The van der Waals surface area contributed by atoms with Gasteiger partial charge in [0.2, 0.25) is 6.79 Å². The Morgan fingerprint density at radius 3 is 2.62 bits per heavy atom. The van der Waals surface area contributed by atoms with E-state index in [1.807, 2.05) is 13.8 Å². The summed E-state index contributed by atoms with van der Waals surface area (Å²) in [6.07, 6.45) is 0.741. The zero-order valence-electron chi connectivity index (χ0n) is 9.04. The lowest BCUT2D eigenvalue weighted by molar-refractivity contribution is 0.111. The highest BCUT2D eigenvalue weighted by Crippen LogP contribution is 2.44. The number of nitrogens with two attached hydrogens (primary N) is 1. The van der Waals surface area contributed by atoms with Crippen molar-refractivity contribution in [1.29, 1.82) is 0 Å². The summed E-state index contributed by atoms with van der Waals surface area (Å²) < 4.78 is 11.3. The molecule has 0 amide bonds. The maximum Gasteiger partial charge on any atom is 0.231 e. The summed E-state index contributed by atoms with van der Waals surface area (Å²) in [5.41, 5.74) is 6.77. The van der Waals surface area contributed by atoms with Gasteiger partial charge in [-0.15, -0.1) is 0 Å². The topological polar surface area (TPSA) is 61.6 Å². The van der Waals surface area contributed by atoms with E-state index >= 15 is 0 Å². The molecule has 1 aliphatic rings. The highest BCUT2D eigenvalue weighted by molar-refractivity contribution is 9.10. The number of halogens is 1. The smallest absolute Gasteiger partial charge is 0.231 e. The van der Waals surface area contributed by atoms with Crippen LogP contribution in [-0.2, 0) is 5.54 Å². The monoisotopic (exact) mass is 285 g/mol. The van der Waals surface area contributed by atoms with Crippen molar-refractivity contribution in [2.75, 3.05) is 6.79 Å². The van der Waals surface area contributed by atoms with Crippen molar-refractivity contribution < 1.29 is 14.3 Å². The lowest BCUT2D eigenvalue weighted by Crippen LogP contribution is -2.29. The zero-order valence-corrected chi connectivity index (χ0v) is 10.6. The van der Waals surface area contributed by atoms with Gasteiger partial charge in [0, 0.05) is 15.6 Å². The molecule has 1 aliphatic heterocycles. The number of fused-ring (bicyclic) bond motifs is 1. The fourth-order valence-electron chi connectivity index (χ4n) is 1.65. The average molecular weight is 286 g/mol. The minimum absolute atomic E-state index is 0.121. The number of ether oxygens (including phenoxy) is 2. The minimum atomic E-state index is -0.554. The van der Waals surface area contributed by atoms with Crippen LogP contribution in [-0.4, -0.2) is 13.1 Å². The third kappa shape index (κ3) is 1.70. The summed E-state index contributed by atoms with van der Waals surface area (Å²) in [6, 6.07) is 1.80. The first-order valence-corrected chi connectivity index (χ1v) is 5.61. The maximum absolute atomic E-state index is 11.0. The molecular formula is C11H12BrNO3. The highest BCUT2D eigenvalue weighted by atomic mass is 79.9. The quantitative estimate of drug-likeness (QED) is 0.846. The predicted molar refractivity (Wildman–Crippen MR) is 62.9 cm³/mol. The van der Waals surface area contributed by atoms with Gasteiger partial charge in [-0.3, -0.25) is 4.79 Å². The van der Waals surface area contributed by atoms with E-state index in [0.29, 0.717) is 21.5 Å². The van der Waals surface area contributed by atoms with Crippen molar-refractivity contribution in [3.63, 3.8) is 0 Å². The number of rotatable bonds is 2. The van der Waals surface area contributed by atoms with Crippen molar-refractivity contribution in [1.82, 2.24) is 0 Å². The number of aldehydes is 1. The van der Waals surface area contributed by atoms with E-state index in [4.69, 9.17) is 15.2 Å². The van der Waals surface area contributed by atoms with Crippen LogP contribution in [0, 0.1) is 0 Å². The second kappa shape index (κ2) is 3.75. The second-order valence-electron chi connectivity index (χ2n) is 4.22. The van der Waals surface area contributed by atoms with Gasteiger partial charge in [0.05, 0.1) is 5.56 Å². The van der Waals surface area contributed by atoms with E-state index in [9.17, 15) is 4.79 Å². The Morgan fingerprint density at radius 1 is 1.44 bits per heavy atom. The molecule has 0 bridgehead atoms. The van der Waals surface area contributed by atoms with Crippen LogP contribution in [0.1, 0.15) is 29.8 Å². The van der Waals surface area contributed by atoms with Gasteiger partial charge in [0.15, 0.2) is 17.8 Å². The molecule has 0 spiro atoms. The van der Waals surface area contributed by atoms with Crippen molar-refractivity contribution in [2.45, 2.75) is 19.4 Å². The van der Waals surface area contributed by atoms with Crippen LogP contribution < -0.4 is 15.2 Å². The van der Waals surface area contributed by atoms with Crippen LogP contribution in [0.15, 0.2) is 10.5 Å². The van der Waals surface area contributed by atoms with E-state index < -0.39 is 5.54 Å². The highest BCUT2D eigenvalue weighted by Gasteiger charge is 2.30. The lowest BCUT2D eigenvalue weighted by Gasteiger charge is -2.21. The minimum Gasteiger partial charge on any atom is -0.453 e. The molecule has 4 nitrogen and oxygen atoms in total. The van der Waals surface area contributed by atoms with Gasteiger partial charge < -0.3 is 15.2 Å². The van der Waals surface area contributed by atoms with Crippen LogP contribution in [0.25, 0.3) is 0 Å². The molecule has 0 radical (unpaired) electrons. The molecule has 1 aromatic rings. The molecule has 2 rings (SSSR count). The van der Waals surface area contributed by atoms with Crippen LogP contribution in [0.5, 0.6) is 11.5 Å². The van der Waals surface area contributed by atoms with Gasteiger partial charge in [0.1, 0.15) is 0 Å². The number of hydrogen-bond acceptors (Lipinski definition) is 4. The Balaban J connectivity index is 2.71. The van der Waals surface area contributed by atoms with Crippen molar-refractivity contribution in [3.05, 3.63) is 21.7 Å². The van der Waals surface area contributed by atoms with E-state index in [1.54, 1.807) is 6.07 Å². The number of carbonyl (C=O) groups is 1. The van der Waals surface area contributed by atoms with E-state index in [1.165, 1.54) is 0 Å². The average Bonchev–Trinajstić information content (AvgIpc) is 2.63. The number of hydrogen-bond donors (Lipinski definition) is 1. The van der Waals surface area contributed by atoms with Gasteiger partial charge in [-0.25, -0.2) is 0 Å². The van der Waals surface area contributed by atoms with Gasteiger partial charge in [-0.05, 0) is 35.8 Å². The van der Waals surface area contributed by atoms with E-state index in [0.717, 1.165) is 11.8 Å². The number of carbonyl (C=O) groups excluding carboxylic acids is 1. The van der Waals surface area contributed by atoms with Crippen LogP contribution in [0.4, 0.5) is 0 Å². The number of benzene rings is 1. The standard InChI is InChI=1S/C11H12BrNO3/c1-11(2,13)7-3-8(12)6(4-14)9-10(7)16-5-15-9/h3-4H,5,13H2,1-2H3. The summed E-state index contributed by atoms with van der Waals surface area (Å²) >= 11 is 3.33. The Labute approximate surface area is 102 Å². The summed E-state index contributed by atoms with van der Waals surface area (Å²) in [5, 5.41) is 0. The van der Waals surface area contributed by atoms with Crippen LogP contribution in [0.2, 0.25) is 0 Å². The van der Waals surface area contributed by atoms with Gasteiger partial charge in [0.25, 0.3) is 0 Å². The van der Waals surface area contributed by atoms with Crippen molar-refractivity contribution in [3.8, 4) is 11.5 Å². The molecule has 16 heavy (non-hydrogen) atoms. The lowest BCUT2D eigenvalue weighted by atomic mass is 9.93. The molecular weight excluding hydrogens is 274 g/mol. The SMILES string of the molecule is CC(C)(N)c1cc(Br)c(C=O)c2c1OCO2. The largest absolute Gasteiger partial charge is 0.453 e. The summed E-state index contributed by atoms with van der Waals surface area (Å²) in [4.78, 5) is 11.0. The fraction of sp³-hybridized carbons (Fsp3) is 0.364. The van der Waals surface area contributed by atoms with Crippen LogP contribution in [0.3, 0.4) is 0 Å². The molecule has 1 aromatic carbocycles. The first kappa shape index (κ1) is 11.4. The third-order valence-corrected chi connectivity index (χ3v) is 3.10. The molecule has 0 unspecified atom stereocenters. The molecule has 1 heterocycles. The molecule has 5 heteroatoms. The van der Waals surface area contributed by atoms with Gasteiger partial charge in [-0.1, -0.05) is 0 Å². The zero-order chi connectivity index (χ0) is 11.9. The molecule has 0 fully saturated rings. The Hall–Kier alpha value is -1.07. The maximum atomic E-state index is 11.0. The molecule has 0 aromatic heterocycles. The molecule has 0 aliphatic carbocycles. The van der Waals surface area contributed by atoms with Gasteiger partial charge in [-0.2, -0.15) is 0 Å². The molecule has 0 saturated heterocycles. The molecule has 0 saturated carbocycles. The second-order valence-corrected chi connectivity index (χ2v) is 5.08. The first-order chi connectivity index (χ1) is 7.45. The predicted octanol–water partition coefficient (Wildman–Crippen LogP) is 2.18. The summed E-state index contributed by atoms with van der Waals surface area (Å²) in [7, 11) is 0. The molecule has 2 N–H and O–H groups in total.